The quantitative estimate of drug-likeness (QED) is 0.449. The molecule has 158 valence electrons. The number of benzene rings is 2. The number of hydrogen-bond acceptors (Lipinski definition) is 6. The van der Waals surface area contributed by atoms with Crippen molar-refractivity contribution in [2.45, 2.75) is 37.7 Å². The summed E-state index contributed by atoms with van der Waals surface area (Å²) in [6.07, 6.45) is 2.03. The molecule has 1 amide bonds. The molecule has 1 atom stereocenters. The van der Waals surface area contributed by atoms with Crippen molar-refractivity contribution in [2.75, 3.05) is 30.9 Å². The predicted octanol–water partition coefficient (Wildman–Crippen LogP) is 5.55. The Labute approximate surface area is 185 Å². The summed E-state index contributed by atoms with van der Waals surface area (Å²) in [6.45, 7) is 5.41. The van der Waals surface area contributed by atoms with Gasteiger partial charge in [-0.2, -0.15) is 0 Å². The first kappa shape index (κ1) is 21.2. The zero-order valence-electron chi connectivity index (χ0n) is 17.5. The SMILES string of the molecule is CCSc1ccccc1C(=O)N(CC1CCCO1)c1nc2c(OC)ccc(C)c2s1. The van der Waals surface area contributed by atoms with Gasteiger partial charge in [0.1, 0.15) is 11.3 Å². The second kappa shape index (κ2) is 9.37. The molecule has 0 aliphatic carbocycles. The third kappa shape index (κ3) is 4.19. The molecule has 2 aromatic carbocycles. The molecule has 7 heteroatoms. The number of methoxy groups -OCH3 is 1. The lowest BCUT2D eigenvalue weighted by Crippen LogP contribution is -2.37. The molecule has 5 nitrogen and oxygen atoms in total. The minimum absolute atomic E-state index is 0.0299. The van der Waals surface area contributed by atoms with Crippen molar-refractivity contribution >= 4 is 44.4 Å². The maximum atomic E-state index is 13.7. The van der Waals surface area contributed by atoms with E-state index in [1.807, 2.05) is 36.4 Å². The van der Waals surface area contributed by atoms with Crippen LogP contribution in [0.3, 0.4) is 0 Å². The van der Waals surface area contributed by atoms with Gasteiger partial charge in [0.2, 0.25) is 0 Å². The van der Waals surface area contributed by atoms with Crippen LogP contribution in [0.1, 0.15) is 35.7 Å². The van der Waals surface area contributed by atoms with Gasteiger partial charge in [-0.25, -0.2) is 4.98 Å². The first-order valence-corrected chi connectivity index (χ1v) is 12.0. The average Bonchev–Trinajstić information content (AvgIpc) is 3.43. The zero-order chi connectivity index (χ0) is 21.1. The summed E-state index contributed by atoms with van der Waals surface area (Å²) in [5.41, 5.74) is 2.64. The van der Waals surface area contributed by atoms with Crippen molar-refractivity contribution in [1.29, 1.82) is 0 Å². The van der Waals surface area contributed by atoms with Gasteiger partial charge in [-0.3, -0.25) is 9.69 Å². The van der Waals surface area contributed by atoms with E-state index in [4.69, 9.17) is 14.5 Å². The Balaban J connectivity index is 1.78. The maximum Gasteiger partial charge on any atom is 0.261 e. The largest absolute Gasteiger partial charge is 0.494 e. The molecule has 1 aromatic heterocycles. The summed E-state index contributed by atoms with van der Waals surface area (Å²) in [5, 5.41) is 0.689. The van der Waals surface area contributed by atoms with Crippen LogP contribution in [0.5, 0.6) is 5.75 Å². The Kier molecular flexibility index (Phi) is 6.61. The second-order valence-corrected chi connectivity index (χ2v) is 9.52. The Morgan fingerprint density at radius 2 is 2.17 bits per heavy atom. The number of hydrogen-bond donors (Lipinski definition) is 0. The summed E-state index contributed by atoms with van der Waals surface area (Å²) in [7, 11) is 1.65. The third-order valence-corrected chi connectivity index (χ3v) is 7.38. The molecule has 4 rings (SSSR count). The van der Waals surface area contributed by atoms with Crippen LogP contribution < -0.4 is 9.64 Å². The van der Waals surface area contributed by atoms with E-state index in [1.165, 1.54) is 11.3 Å². The summed E-state index contributed by atoms with van der Waals surface area (Å²) in [6, 6.07) is 11.8. The molecule has 0 radical (unpaired) electrons. The molecular formula is C23H26N2O3S2. The molecule has 1 aliphatic rings. The molecule has 1 fully saturated rings. The molecule has 1 unspecified atom stereocenters. The van der Waals surface area contributed by atoms with Crippen LogP contribution in [-0.4, -0.2) is 43.0 Å². The minimum Gasteiger partial charge on any atom is -0.494 e. The molecular weight excluding hydrogens is 416 g/mol. The van der Waals surface area contributed by atoms with Crippen LogP contribution >= 0.6 is 23.1 Å². The zero-order valence-corrected chi connectivity index (χ0v) is 19.1. The lowest BCUT2D eigenvalue weighted by molar-refractivity contribution is 0.0915. The van der Waals surface area contributed by atoms with Crippen molar-refractivity contribution in [3.63, 3.8) is 0 Å². The van der Waals surface area contributed by atoms with E-state index in [0.29, 0.717) is 17.2 Å². The standard InChI is InChI=1S/C23H26N2O3S2/c1-4-29-19-10-6-5-9-17(19)22(26)25(14-16-8-7-13-28-16)23-24-20-18(27-3)12-11-15(2)21(20)30-23/h5-6,9-12,16H,4,7-8,13-14H2,1-3H3. The number of anilines is 1. The van der Waals surface area contributed by atoms with Crippen molar-refractivity contribution in [1.82, 2.24) is 4.98 Å². The number of thiazole rings is 1. The topological polar surface area (TPSA) is 51.7 Å². The van der Waals surface area contributed by atoms with Crippen molar-refractivity contribution in [2.24, 2.45) is 0 Å². The molecule has 2 heterocycles. The van der Waals surface area contributed by atoms with Crippen LogP contribution in [0.2, 0.25) is 0 Å². The smallest absolute Gasteiger partial charge is 0.261 e. The third-order valence-electron chi connectivity index (χ3n) is 5.22. The van der Waals surface area contributed by atoms with Crippen LogP contribution in [0.15, 0.2) is 41.3 Å². The molecule has 0 saturated carbocycles. The molecule has 0 N–H and O–H groups in total. The van der Waals surface area contributed by atoms with Gasteiger partial charge in [-0.05, 0) is 49.3 Å². The van der Waals surface area contributed by atoms with Gasteiger partial charge in [-0.1, -0.05) is 36.5 Å². The van der Waals surface area contributed by atoms with Gasteiger partial charge >= 0.3 is 0 Å². The van der Waals surface area contributed by atoms with E-state index >= 15 is 0 Å². The highest BCUT2D eigenvalue weighted by Crippen LogP contribution is 2.37. The number of fused-ring (bicyclic) bond motifs is 1. The van der Waals surface area contributed by atoms with Crippen LogP contribution in [0.25, 0.3) is 10.2 Å². The summed E-state index contributed by atoms with van der Waals surface area (Å²) in [4.78, 5) is 21.4. The van der Waals surface area contributed by atoms with Crippen molar-refractivity contribution < 1.29 is 14.3 Å². The molecule has 1 saturated heterocycles. The van der Waals surface area contributed by atoms with Gasteiger partial charge < -0.3 is 9.47 Å². The Bertz CT molecular complexity index is 1040. The molecule has 30 heavy (non-hydrogen) atoms. The fraction of sp³-hybridized carbons (Fsp3) is 0.391. The number of aryl methyl sites for hydroxylation is 1. The fourth-order valence-electron chi connectivity index (χ4n) is 3.69. The van der Waals surface area contributed by atoms with Gasteiger partial charge in [0.25, 0.3) is 5.91 Å². The average molecular weight is 443 g/mol. The summed E-state index contributed by atoms with van der Waals surface area (Å²) in [5.74, 6) is 1.61. The number of nitrogens with zero attached hydrogens (tertiary/aromatic N) is 2. The number of carbonyl (C=O) groups is 1. The van der Waals surface area contributed by atoms with E-state index in [2.05, 4.69) is 13.8 Å². The second-order valence-electron chi connectivity index (χ2n) is 7.24. The normalized spacial score (nSPS) is 16.2. The lowest BCUT2D eigenvalue weighted by Gasteiger charge is -2.24. The highest BCUT2D eigenvalue weighted by atomic mass is 32.2. The van der Waals surface area contributed by atoms with Crippen molar-refractivity contribution in [3.05, 3.63) is 47.5 Å². The predicted molar refractivity (Wildman–Crippen MR) is 124 cm³/mol. The van der Waals surface area contributed by atoms with Gasteiger partial charge in [0.15, 0.2) is 5.13 Å². The first-order chi connectivity index (χ1) is 14.6. The number of ether oxygens (including phenoxy) is 2. The molecule has 0 spiro atoms. The lowest BCUT2D eigenvalue weighted by atomic mass is 10.1. The van der Waals surface area contributed by atoms with E-state index in [1.54, 1.807) is 23.8 Å². The van der Waals surface area contributed by atoms with Crippen LogP contribution in [0.4, 0.5) is 5.13 Å². The number of rotatable bonds is 7. The van der Waals surface area contributed by atoms with E-state index in [-0.39, 0.29) is 12.0 Å². The fourth-order valence-corrected chi connectivity index (χ4v) is 5.54. The molecule has 3 aromatic rings. The van der Waals surface area contributed by atoms with Gasteiger partial charge in [0.05, 0.1) is 30.0 Å². The minimum atomic E-state index is -0.0299. The van der Waals surface area contributed by atoms with E-state index < -0.39 is 0 Å². The number of amides is 1. The Morgan fingerprint density at radius 3 is 2.90 bits per heavy atom. The summed E-state index contributed by atoms with van der Waals surface area (Å²) < 4.78 is 12.4. The van der Waals surface area contributed by atoms with Gasteiger partial charge in [0, 0.05) is 11.5 Å². The Hall–Kier alpha value is -2.09. The maximum absolute atomic E-state index is 13.7. The molecule has 1 aliphatic heterocycles. The number of thioether (sulfide) groups is 1. The van der Waals surface area contributed by atoms with E-state index in [0.717, 1.165) is 51.6 Å². The van der Waals surface area contributed by atoms with E-state index in [9.17, 15) is 4.79 Å². The van der Waals surface area contributed by atoms with Crippen LogP contribution in [-0.2, 0) is 4.74 Å². The number of aromatic nitrogens is 1. The van der Waals surface area contributed by atoms with Crippen LogP contribution in [0, 0.1) is 6.92 Å². The first-order valence-electron chi connectivity index (χ1n) is 10.2. The van der Waals surface area contributed by atoms with Crippen molar-refractivity contribution in [3.8, 4) is 5.75 Å². The molecule has 0 bridgehead atoms. The Morgan fingerprint density at radius 1 is 1.33 bits per heavy atom. The number of carbonyl (C=O) groups excluding carboxylic acids is 1. The summed E-state index contributed by atoms with van der Waals surface area (Å²) >= 11 is 3.22. The highest BCUT2D eigenvalue weighted by Gasteiger charge is 2.28. The van der Waals surface area contributed by atoms with Gasteiger partial charge in [-0.15, -0.1) is 11.8 Å². The monoisotopic (exact) mass is 442 g/mol. The highest BCUT2D eigenvalue weighted by molar-refractivity contribution is 7.99.